The number of amides is 1. The summed E-state index contributed by atoms with van der Waals surface area (Å²) in [5.74, 6) is -4.05. The van der Waals surface area contributed by atoms with Crippen molar-refractivity contribution in [3.8, 4) is 0 Å². The van der Waals surface area contributed by atoms with Crippen molar-refractivity contribution in [2.24, 2.45) is 0 Å². The maximum atomic E-state index is 13.6. The molecule has 0 saturated heterocycles. The second-order valence-corrected chi connectivity index (χ2v) is 7.57. The van der Waals surface area contributed by atoms with Crippen LogP contribution in [-0.2, 0) is 10.2 Å². The Bertz CT molecular complexity index is 1200. The number of pyridine rings is 1. The van der Waals surface area contributed by atoms with Gasteiger partial charge < -0.3 is 15.0 Å². The van der Waals surface area contributed by atoms with E-state index >= 15 is 0 Å². The topological polar surface area (TPSA) is 86.3 Å². The number of hydrogen-bond acceptors (Lipinski definition) is 3. The summed E-state index contributed by atoms with van der Waals surface area (Å²) in [4.78, 5) is 33.5. The highest BCUT2D eigenvalue weighted by Gasteiger charge is 2.37. The lowest BCUT2D eigenvalue weighted by atomic mass is 9.82. The van der Waals surface area contributed by atoms with Crippen LogP contribution in [0.15, 0.2) is 42.7 Å². The van der Waals surface area contributed by atoms with Gasteiger partial charge in [0.25, 0.3) is 5.91 Å². The number of carboxylic acid groups (broad SMARTS) is 1. The first kappa shape index (κ1) is 18.8. The third kappa shape index (κ3) is 3.06. The number of aromatic nitrogens is 2. The van der Waals surface area contributed by atoms with Gasteiger partial charge in [0.15, 0.2) is 11.6 Å². The Morgan fingerprint density at radius 3 is 2.66 bits per heavy atom. The van der Waals surface area contributed by atoms with E-state index in [2.05, 4.69) is 9.97 Å². The van der Waals surface area contributed by atoms with Gasteiger partial charge in [0.2, 0.25) is 0 Å². The predicted octanol–water partition coefficient (Wildman–Crippen LogP) is 3.70. The SMILES string of the molecule is CC1(C)CN(C(=O)c2ccc(F)c(F)c2)C=C(C(=O)O)c2[nH]c3ncccc3c21. The Morgan fingerprint density at radius 1 is 1.21 bits per heavy atom. The average Bonchev–Trinajstić information content (AvgIpc) is 3.01. The molecule has 0 atom stereocenters. The van der Waals surface area contributed by atoms with Crippen molar-refractivity contribution >= 4 is 28.5 Å². The number of H-pyrrole nitrogens is 1. The third-order valence-corrected chi connectivity index (χ3v) is 5.02. The van der Waals surface area contributed by atoms with Crippen molar-refractivity contribution in [2.75, 3.05) is 6.54 Å². The molecule has 3 aromatic rings. The number of carbonyl (C=O) groups is 2. The number of nitrogens with one attached hydrogen (secondary N) is 1. The fourth-order valence-electron chi connectivity index (χ4n) is 3.79. The number of carboxylic acids is 1. The minimum absolute atomic E-state index is 0.0715. The van der Waals surface area contributed by atoms with Gasteiger partial charge in [-0.15, -0.1) is 0 Å². The summed E-state index contributed by atoms with van der Waals surface area (Å²) in [5.41, 5.74) is 0.820. The lowest BCUT2D eigenvalue weighted by Gasteiger charge is -2.29. The summed E-state index contributed by atoms with van der Waals surface area (Å²) >= 11 is 0. The highest BCUT2D eigenvalue weighted by molar-refractivity contribution is 6.17. The molecule has 1 amide bonds. The van der Waals surface area contributed by atoms with Gasteiger partial charge in [-0.3, -0.25) is 4.79 Å². The van der Waals surface area contributed by atoms with E-state index in [4.69, 9.17) is 0 Å². The highest BCUT2D eigenvalue weighted by Crippen LogP contribution is 2.39. The molecule has 8 heteroatoms. The molecule has 2 aromatic heterocycles. The van der Waals surface area contributed by atoms with E-state index in [0.717, 1.165) is 23.1 Å². The zero-order valence-electron chi connectivity index (χ0n) is 15.7. The molecule has 0 bridgehead atoms. The minimum Gasteiger partial charge on any atom is -0.478 e. The number of rotatable bonds is 2. The lowest BCUT2D eigenvalue weighted by molar-refractivity contribution is -0.130. The largest absolute Gasteiger partial charge is 0.478 e. The first-order valence-corrected chi connectivity index (χ1v) is 8.88. The molecule has 0 aliphatic carbocycles. The number of fused-ring (bicyclic) bond motifs is 3. The molecular formula is C21H17F2N3O3. The number of hydrogen-bond donors (Lipinski definition) is 2. The van der Waals surface area contributed by atoms with Gasteiger partial charge in [0.1, 0.15) is 5.65 Å². The van der Waals surface area contributed by atoms with Crippen LogP contribution in [0.5, 0.6) is 0 Å². The molecular weight excluding hydrogens is 380 g/mol. The molecule has 0 radical (unpaired) electrons. The van der Waals surface area contributed by atoms with Crippen molar-refractivity contribution in [1.82, 2.24) is 14.9 Å². The molecule has 29 heavy (non-hydrogen) atoms. The van der Waals surface area contributed by atoms with Gasteiger partial charge in [0, 0.05) is 35.3 Å². The first-order chi connectivity index (χ1) is 13.7. The number of halogens is 2. The monoisotopic (exact) mass is 397 g/mol. The summed E-state index contributed by atoms with van der Waals surface area (Å²) in [6.45, 7) is 3.91. The van der Waals surface area contributed by atoms with Crippen LogP contribution in [0.4, 0.5) is 8.78 Å². The summed E-state index contributed by atoms with van der Waals surface area (Å²) in [6, 6.07) is 6.44. The number of carbonyl (C=O) groups excluding carboxylic acids is 1. The Kier molecular flexibility index (Phi) is 4.22. The smallest absolute Gasteiger partial charge is 0.339 e. The standard InChI is InChI=1S/C21H17F2N3O3/c1-21(2)10-26(19(27)11-5-6-14(22)15(23)8-11)9-13(20(28)29)17-16(21)12-4-3-7-24-18(12)25-17/h3-9H,10H2,1-2H3,(H,24,25)(H,28,29). The fraction of sp³-hybridized carbons (Fsp3) is 0.190. The average molecular weight is 397 g/mol. The van der Waals surface area contributed by atoms with Gasteiger partial charge in [-0.05, 0) is 35.9 Å². The van der Waals surface area contributed by atoms with Gasteiger partial charge in [0.05, 0.1) is 11.3 Å². The molecule has 1 aliphatic heterocycles. The summed E-state index contributed by atoms with van der Waals surface area (Å²) in [5, 5.41) is 10.6. The second-order valence-electron chi connectivity index (χ2n) is 7.57. The molecule has 4 rings (SSSR count). The van der Waals surface area contributed by atoms with E-state index in [1.807, 2.05) is 19.9 Å². The van der Waals surface area contributed by atoms with Crippen LogP contribution in [0.1, 0.15) is 35.5 Å². The van der Waals surface area contributed by atoms with E-state index < -0.39 is 28.9 Å². The molecule has 0 saturated carbocycles. The summed E-state index contributed by atoms with van der Waals surface area (Å²) < 4.78 is 26.9. The maximum Gasteiger partial charge on any atom is 0.339 e. The van der Waals surface area contributed by atoms with Crippen LogP contribution >= 0.6 is 0 Å². The van der Waals surface area contributed by atoms with Gasteiger partial charge in [-0.25, -0.2) is 18.6 Å². The second kappa shape index (κ2) is 6.51. The number of benzene rings is 1. The van der Waals surface area contributed by atoms with Crippen molar-refractivity contribution in [3.05, 3.63) is 71.2 Å². The van der Waals surface area contributed by atoms with Crippen LogP contribution in [0.25, 0.3) is 16.6 Å². The van der Waals surface area contributed by atoms with Crippen molar-refractivity contribution in [1.29, 1.82) is 0 Å². The first-order valence-electron chi connectivity index (χ1n) is 8.88. The molecule has 3 heterocycles. The third-order valence-electron chi connectivity index (χ3n) is 5.02. The molecule has 0 unspecified atom stereocenters. The zero-order chi connectivity index (χ0) is 20.9. The fourth-order valence-corrected chi connectivity index (χ4v) is 3.79. The zero-order valence-corrected chi connectivity index (χ0v) is 15.7. The van der Waals surface area contributed by atoms with E-state index in [9.17, 15) is 23.5 Å². The molecule has 1 aliphatic rings. The Labute approximate surface area is 164 Å². The highest BCUT2D eigenvalue weighted by atomic mass is 19.2. The van der Waals surface area contributed by atoms with Crippen LogP contribution in [-0.4, -0.2) is 38.4 Å². The number of aliphatic carboxylic acids is 1. The van der Waals surface area contributed by atoms with E-state index in [-0.39, 0.29) is 17.7 Å². The molecule has 1 aromatic carbocycles. The molecule has 0 spiro atoms. The summed E-state index contributed by atoms with van der Waals surface area (Å²) in [7, 11) is 0. The van der Waals surface area contributed by atoms with Gasteiger partial charge in [-0.2, -0.15) is 0 Å². The normalized spacial score (nSPS) is 15.6. The maximum absolute atomic E-state index is 13.6. The minimum atomic E-state index is -1.22. The van der Waals surface area contributed by atoms with Gasteiger partial charge >= 0.3 is 5.97 Å². The van der Waals surface area contributed by atoms with E-state index in [1.165, 1.54) is 17.2 Å². The van der Waals surface area contributed by atoms with E-state index in [1.54, 1.807) is 12.3 Å². The molecule has 6 nitrogen and oxygen atoms in total. The quantitative estimate of drug-likeness (QED) is 0.690. The molecule has 148 valence electrons. The van der Waals surface area contributed by atoms with Crippen LogP contribution in [0, 0.1) is 11.6 Å². The van der Waals surface area contributed by atoms with Crippen molar-refractivity contribution < 1.29 is 23.5 Å². The Hall–Kier alpha value is -3.55. The van der Waals surface area contributed by atoms with Crippen LogP contribution in [0.3, 0.4) is 0 Å². The molecule has 2 N–H and O–H groups in total. The number of aromatic amines is 1. The van der Waals surface area contributed by atoms with Crippen LogP contribution in [0.2, 0.25) is 0 Å². The van der Waals surface area contributed by atoms with E-state index in [0.29, 0.717) is 11.3 Å². The summed E-state index contributed by atoms with van der Waals surface area (Å²) in [6.07, 6.45) is 2.84. The lowest BCUT2D eigenvalue weighted by Crippen LogP contribution is -2.37. The Morgan fingerprint density at radius 2 is 1.97 bits per heavy atom. The van der Waals surface area contributed by atoms with Crippen LogP contribution < -0.4 is 0 Å². The predicted molar refractivity (Wildman–Crippen MR) is 102 cm³/mol. The number of nitrogens with zero attached hydrogens (tertiary/aromatic N) is 2. The van der Waals surface area contributed by atoms with Gasteiger partial charge in [-0.1, -0.05) is 13.8 Å². The Balaban J connectivity index is 1.88. The van der Waals surface area contributed by atoms with Crippen molar-refractivity contribution in [3.63, 3.8) is 0 Å². The molecule has 0 fully saturated rings. The van der Waals surface area contributed by atoms with Crippen molar-refractivity contribution in [2.45, 2.75) is 19.3 Å².